The topological polar surface area (TPSA) is 52.5 Å². The molecule has 3 N–H and O–H groups in total. The minimum atomic E-state index is -4.45. The van der Waals surface area contributed by atoms with Gasteiger partial charge in [-0.2, -0.15) is 13.2 Å². The average molecular weight is 207 g/mol. The van der Waals surface area contributed by atoms with E-state index >= 15 is 0 Å². The summed E-state index contributed by atoms with van der Waals surface area (Å²) in [6, 6.07) is 2.49. The Morgan fingerprint density at radius 2 is 1.93 bits per heavy atom. The van der Waals surface area contributed by atoms with Crippen LogP contribution in [0.1, 0.15) is 11.1 Å². The molecule has 78 valence electrons. The van der Waals surface area contributed by atoms with Gasteiger partial charge in [0.25, 0.3) is 0 Å². The molecule has 0 aromatic heterocycles. The molecular weight excluding hydrogens is 199 g/mol. The van der Waals surface area contributed by atoms with Gasteiger partial charge in [-0.15, -0.1) is 0 Å². The zero-order chi connectivity index (χ0) is 10.8. The van der Waals surface area contributed by atoms with E-state index in [-0.39, 0.29) is 17.9 Å². The van der Waals surface area contributed by atoms with Crippen molar-refractivity contribution in [2.45, 2.75) is 12.7 Å². The molecule has 0 heterocycles. The molecule has 0 spiro atoms. The van der Waals surface area contributed by atoms with E-state index in [9.17, 15) is 13.2 Å². The Kier molecular flexibility index (Phi) is 2.97. The number of hydrogen-bond acceptors (Lipinski definition) is 3. The van der Waals surface area contributed by atoms with Crippen LogP contribution < -0.4 is 5.48 Å². The van der Waals surface area contributed by atoms with Crippen LogP contribution >= 0.6 is 0 Å². The van der Waals surface area contributed by atoms with E-state index in [1.807, 2.05) is 0 Å². The van der Waals surface area contributed by atoms with Crippen molar-refractivity contribution in [1.82, 2.24) is 5.48 Å². The number of rotatable bonds is 2. The summed E-state index contributed by atoms with van der Waals surface area (Å²) >= 11 is 0. The van der Waals surface area contributed by atoms with Crippen molar-refractivity contribution in [3.05, 3.63) is 29.3 Å². The molecule has 0 unspecified atom stereocenters. The molecule has 3 nitrogen and oxygen atoms in total. The van der Waals surface area contributed by atoms with Crippen molar-refractivity contribution in [2.75, 3.05) is 0 Å². The van der Waals surface area contributed by atoms with Gasteiger partial charge in [0.1, 0.15) is 5.75 Å². The smallest absolute Gasteiger partial charge is 0.416 e. The predicted molar refractivity (Wildman–Crippen MR) is 41.7 cm³/mol. The van der Waals surface area contributed by atoms with Gasteiger partial charge in [0.15, 0.2) is 0 Å². The van der Waals surface area contributed by atoms with Gasteiger partial charge in [-0.1, -0.05) is 0 Å². The molecule has 0 radical (unpaired) electrons. The highest BCUT2D eigenvalue weighted by Gasteiger charge is 2.30. The molecule has 0 atom stereocenters. The molecule has 14 heavy (non-hydrogen) atoms. The molecule has 1 rings (SSSR count). The minimum absolute atomic E-state index is 0.0117. The van der Waals surface area contributed by atoms with Crippen molar-refractivity contribution < 1.29 is 23.5 Å². The Morgan fingerprint density at radius 1 is 1.29 bits per heavy atom. The zero-order valence-corrected chi connectivity index (χ0v) is 6.97. The lowest BCUT2D eigenvalue weighted by molar-refractivity contribution is -0.137. The number of halogens is 3. The van der Waals surface area contributed by atoms with Gasteiger partial charge in [-0.25, -0.2) is 5.48 Å². The summed E-state index contributed by atoms with van der Waals surface area (Å²) < 4.78 is 36.5. The van der Waals surface area contributed by atoms with Gasteiger partial charge >= 0.3 is 6.18 Å². The van der Waals surface area contributed by atoms with Crippen LogP contribution in [0.2, 0.25) is 0 Å². The van der Waals surface area contributed by atoms with Crippen LogP contribution in [-0.2, 0) is 12.7 Å². The Balaban J connectivity index is 3.06. The van der Waals surface area contributed by atoms with Crippen LogP contribution in [0.15, 0.2) is 18.2 Å². The van der Waals surface area contributed by atoms with E-state index < -0.39 is 11.7 Å². The number of aromatic hydroxyl groups is 1. The third kappa shape index (κ3) is 2.36. The van der Waals surface area contributed by atoms with Gasteiger partial charge in [-0.3, -0.25) is 0 Å². The quantitative estimate of drug-likeness (QED) is 0.649. The molecule has 0 saturated carbocycles. The molecule has 0 bridgehead atoms. The number of hydroxylamine groups is 1. The largest absolute Gasteiger partial charge is 0.508 e. The maximum absolute atomic E-state index is 12.2. The fourth-order valence-corrected chi connectivity index (χ4v) is 0.989. The second-order valence-electron chi connectivity index (χ2n) is 2.68. The van der Waals surface area contributed by atoms with Crippen LogP contribution in [-0.4, -0.2) is 10.3 Å². The monoisotopic (exact) mass is 207 g/mol. The normalized spacial score (nSPS) is 11.7. The first-order valence-corrected chi connectivity index (χ1v) is 3.71. The minimum Gasteiger partial charge on any atom is -0.508 e. The molecule has 0 aliphatic carbocycles. The summed E-state index contributed by atoms with van der Waals surface area (Å²) in [4.78, 5) is 0. The molecular formula is C8H8F3NO2. The molecule has 1 aromatic rings. The molecule has 0 aliphatic heterocycles. The van der Waals surface area contributed by atoms with Gasteiger partial charge in [0.05, 0.1) is 5.56 Å². The first-order valence-electron chi connectivity index (χ1n) is 3.71. The summed E-state index contributed by atoms with van der Waals surface area (Å²) in [5, 5.41) is 17.4. The van der Waals surface area contributed by atoms with Gasteiger partial charge in [-0.05, 0) is 18.2 Å². The SMILES string of the molecule is ONCc1cc(C(F)(F)F)ccc1O. The van der Waals surface area contributed by atoms with Crippen LogP contribution in [0.5, 0.6) is 5.75 Å². The third-order valence-corrected chi connectivity index (χ3v) is 1.68. The summed E-state index contributed by atoms with van der Waals surface area (Å²) in [5.41, 5.74) is 0.804. The molecule has 0 saturated heterocycles. The number of nitrogens with one attached hydrogen (secondary N) is 1. The highest BCUT2D eigenvalue weighted by Crippen LogP contribution is 2.31. The van der Waals surface area contributed by atoms with Crippen LogP contribution in [0.3, 0.4) is 0 Å². The molecule has 6 heteroatoms. The number of benzene rings is 1. The lowest BCUT2D eigenvalue weighted by atomic mass is 10.1. The Bertz CT molecular complexity index is 325. The summed E-state index contributed by atoms with van der Waals surface area (Å²) in [6.07, 6.45) is -4.45. The number of phenolic OH excluding ortho intramolecular Hbond substituents is 1. The second kappa shape index (κ2) is 3.85. The lowest BCUT2D eigenvalue weighted by Gasteiger charge is -2.09. The summed E-state index contributed by atoms with van der Waals surface area (Å²) in [6.45, 7) is -0.240. The van der Waals surface area contributed by atoms with Gasteiger partial charge in [0, 0.05) is 12.1 Å². The van der Waals surface area contributed by atoms with E-state index in [0.717, 1.165) is 18.2 Å². The maximum Gasteiger partial charge on any atom is 0.416 e. The van der Waals surface area contributed by atoms with E-state index in [0.29, 0.717) is 0 Å². The Morgan fingerprint density at radius 3 is 2.43 bits per heavy atom. The van der Waals surface area contributed by atoms with Gasteiger partial charge in [0.2, 0.25) is 0 Å². The summed E-state index contributed by atoms with van der Waals surface area (Å²) in [5.74, 6) is -0.292. The molecule has 0 aliphatic rings. The fourth-order valence-electron chi connectivity index (χ4n) is 0.989. The first kappa shape index (κ1) is 10.8. The van der Waals surface area contributed by atoms with E-state index in [4.69, 9.17) is 10.3 Å². The highest BCUT2D eigenvalue weighted by atomic mass is 19.4. The van der Waals surface area contributed by atoms with Crippen molar-refractivity contribution >= 4 is 0 Å². The average Bonchev–Trinajstić information content (AvgIpc) is 2.07. The van der Waals surface area contributed by atoms with Gasteiger partial charge < -0.3 is 10.3 Å². The number of hydrogen-bond donors (Lipinski definition) is 3. The van der Waals surface area contributed by atoms with E-state index in [2.05, 4.69) is 0 Å². The lowest BCUT2D eigenvalue weighted by Crippen LogP contribution is -2.09. The number of phenols is 1. The highest BCUT2D eigenvalue weighted by molar-refractivity contribution is 5.37. The van der Waals surface area contributed by atoms with Crippen LogP contribution in [0.25, 0.3) is 0 Å². The van der Waals surface area contributed by atoms with Crippen LogP contribution in [0, 0.1) is 0 Å². The second-order valence-corrected chi connectivity index (χ2v) is 2.68. The standard InChI is InChI=1S/C8H8F3NO2/c9-8(10,11)6-1-2-7(13)5(3-6)4-12-14/h1-3,12-14H,4H2. The first-order chi connectivity index (χ1) is 6.45. The van der Waals surface area contributed by atoms with E-state index in [1.165, 1.54) is 0 Å². The third-order valence-electron chi connectivity index (χ3n) is 1.68. The zero-order valence-electron chi connectivity index (χ0n) is 6.97. The molecule has 0 amide bonds. The van der Waals surface area contributed by atoms with Crippen molar-refractivity contribution in [2.24, 2.45) is 0 Å². The molecule has 0 fully saturated rings. The van der Waals surface area contributed by atoms with E-state index in [1.54, 1.807) is 5.48 Å². The Labute approximate surface area is 77.8 Å². The maximum atomic E-state index is 12.2. The fraction of sp³-hybridized carbons (Fsp3) is 0.250. The summed E-state index contributed by atoms with van der Waals surface area (Å²) in [7, 11) is 0. The predicted octanol–water partition coefficient (Wildman–Crippen LogP) is 1.89. The Hall–Kier alpha value is -1.27. The van der Waals surface area contributed by atoms with Crippen molar-refractivity contribution in [1.29, 1.82) is 0 Å². The number of alkyl halides is 3. The van der Waals surface area contributed by atoms with Crippen molar-refractivity contribution in [3.8, 4) is 5.75 Å². The van der Waals surface area contributed by atoms with Crippen LogP contribution in [0.4, 0.5) is 13.2 Å². The molecule has 1 aromatic carbocycles. The van der Waals surface area contributed by atoms with Crippen molar-refractivity contribution in [3.63, 3.8) is 0 Å².